The number of aliphatic hydroxyl groups excluding tert-OH is 1. The number of sulfonamides is 1. The van der Waals surface area contributed by atoms with Gasteiger partial charge in [0.1, 0.15) is 0 Å². The third-order valence-electron chi connectivity index (χ3n) is 2.12. The predicted molar refractivity (Wildman–Crippen MR) is 72.6 cm³/mol. The first-order valence-corrected chi connectivity index (χ1v) is 7.55. The second kappa shape index (κ2) is 6.45. The minimum absolute atomic E-state index is 0.104. The molecule has 1 atom stereocenters. The Hall–Kier alpha value is -0.710. The van der Waals surface area contributed by atoms with Crippen LogP contribution < -0.4 is 4.72 Å². The van der Waals surface area contributed by atoms with E-state index in [1.54, 1.807) is 12.1 Å². The fourth-order valence-electron chi connectivity index (χ4n) is 1.15. The van der Waals surface area contributed by atoms with E-state index in [2.05, 4.69) is 27.3 Å². The number of halogens is 1. The zero-order valence-electron chi connectivity index (χ0n) is 9.21. The molecule has 8 heteroatoms. The van der Waals surface area contributed by atoms with Gasteiger partial charge in [-0.05, 0) is 53.3 Å². The Balaban J connectivity index is 2.60. The summed E-state index contributed by atoms with van der Waals surface area (Å²) in [4.78, 5) is 10.4. The SMILES string of the molecule is O=C(O)C(O)CCNS(=O)(=O)c1ccc(I)cc1. The van der Waals surface area contributed by atoms with Gasteiger partial charge in [0.15, 0.2) is 6.10 Å². The second-order valence-electron chi connectivity index (χ2n) is 3.49. The highest BCUT2D eigenvalue weighted by Gasteiger charge is 2.16. The number of rotatable bonds is 6. The van der Waals surface area contributed by atoms with E-state index in [-0.39, 0.29) is 17.9 Å². The summed E-state index contributed by atoms with van der Waals surface area (Å²) in [5, 5.41) is 17.4. The zero-order valence-corrected chi connectivity index (χ0v) is 12.2. The average molecular weight is 385 g/mol. The van der Waals surface area contributed by atoms with E-state index in [4.69, 9.17) is 10.2 Å². The standard InChI is InChI=1S/C10H12INO5S/c11-7-1-3-8(4-2-7)18(16,17)12-6-5-9(13)10(14)15/h1-4,9,12-13H,5-6H2,(H,14,15). The van der Waals surface area contributed by atoms with Crippen molar-refractivity contribution in [2.45, 2.75) is 17.4 Å². The number of hydrogen-bond acceptors (Lipinski definition) is 4. The van der Waals surface area contributed by atoms with Crippen LogP contribution in [0.1, 0.15) is 6.42 Å². The van der Waals surface area contributed by atoms with Crippen LogP contribution in [0.25, 0.3) is 0 Å². The van der Waals surface area contributed by atoms with Gasteiger partial charge in [-0.1, -0.05) is 0 Å². The Labute approximate surface area is 118 Å². The summed E-state index contributed by atoms with van der Waals surface area (Å²) < 4.78 is 26.6. The first-order valence-electron chi connectivity index (χ1n) is 4.99. The van der Waals surface area contributed by atoms with E-state index in [9.17, 15) is 13.2 Å². The first-order chi connectivity index (χ1) is 8.33. The Morgan fingerprint density at radius 3 is 2.39 bits per heavy atom. The summed E-state index contributed by atoms with van der Waals surface area (Å²) in [5.41, 5.74) is 0. The van der Waals surface area contributed by atoms with E-state index in [0.717, 1.165) is 3.57 Å². The van der Waals surface area contributed by atoms with Crippen molar-refractivity contribution in [1.29, 1.82) is 0 Å². The van der Waals surface area contributed by atoms with Crippen LogP contribution in [0.5, 0.6) is 0 Å². The molecule has 1 unspecified atom stereocenters. The summed E-state index contributed by atoms with van der Waals surface area (Å²) in [5.74, 6) is -1.37. The molecule has 18 heavy (non-hydrogen) atoms. The van der Waals surface area contributed by atoms with E-state index in [1.807, 2.05) is 0 Å². The van der Waals surface area contributed by atoms with Gasteiger partial charge in [0.2, 0.25) is 10.0 Å². The number of carbonyl (C=O) groups is 1. The van der Waals surface area contributed by atoms with Crippen molar-refractivity contribution in [2.75, 3.05) is 6.54 Å². The molecule has 0 aromatic heterocycles. The number of aliphatic hydroxyl groups is 1. The topological polar surface area (TPSA) is 104 Å². The molecule has 0 spiro atoms. The molecule has 1 aromatic carbocycles. The van der Waals surface area contributed by atoms with Gasteiger partial charge in [-0.2, -0.15) is 0 Å². The Bertz CT molecular complexity index is 514. The lowest BCUT2D eigenvalue weighted by Gasteiger charge is -2.08. The monoisotopic (exact) mass is 385 g/mol. The molecule has 0 saturated carbocycles. The van der Waals surface area contributed by atoms with Crippen molar-refractivity contribution in [3.05, 3.63) is 27.8 Å². The molecule has 0 radical (unpaired) electrons. The van der Waals surface area contributed by atoms with Gasteiger partial charge < -0.3 is 10.2 Å². The van der Waals surface area contributed by atoms with Gasteiger partial charge in [0, 0.05) is 10.1 Å². The molecule has 0 heterocycles. The van der Waals surface area contributed by atoms with Crippen molar-refractivity contribution < 1.29 is 23.4 Å². The summed E-state index contributed by atoms with van der Waals surface area (Å²) in [6.07, 6.45) is -1.75. The Morgan fingerprint density at radius 1 is 1.33 bits per heavy atom. The molecule has 0 fully saturated rings. The Kier molecular flexibility index (Phi) is 5.50. The van der Waals surface area contributed by atoms with Gasteiger partial charge in [-0.25, -0.2) is 17.9 Å². The fraction of sp³-hybridized carbons (Fsp3) is 0.300. The van der Waals surface area contributed by atoms with Crippen molar-refractivity contribution >= 4 is 38.6 Å². The minimum Gasteiger partial charge on any atom is -0.479 e. The third kappa shape index (κ3) is 4.52. The molecule has 1 rings (SSSR count). The van der Waals surface area contributed by atoms with Gasteiger partial charge in [0.25, 0.3) is 0 Å². The van der Waals surface area contributed by atoms with Crippen molar-refractivity contribution in [3.8, 4) is 0 Å². The van der Waals surface area contributed by atoms with Crippen LogP contribution in [0.3, 0.4) is 0 Å². The maximum absolute atomic E-state index is 11.8. The van der Waals surface area contributed by atoms with E-state index in [1.165, 1.54) is 12.1 Å². The van der Waals surface area contributed by atoms with Crippen molar-refractivity contribution in [3.63, 3.8) is 0 Å². The van der Waals surface area contributed by atoms with Crippen molar-refractivity contribution in [1.82, 2.24) is 4.72 Å². The number of benzene rings is 1. The van der Waals surface area contributed by atoms with E-state index in [0.29, 0.717) is 0 Å². The lowest BCUT2D eigenvalue weighted by Crippen LogP contribution is -2.30. The fourth-order valence-corrected chi connectivity index (χ4v) is 2.56. The van der Waals surface area contributed by atoms with Gasteiger partial charge in [-0.3, -0.25) is 0 Å². The predicted octanol–water partition coefficient (Wildman–Crippen LogP) is 0.405. The lowest BCUT2D eigenvalue weighted by atomic mass is 10.3. The summed E-state index contributed by atoms with van der Waals surface area (Å²) >= 11 is 2.06. The van der Waals surface area contributed by atoms with Crippen molar-refractivity contribution in [2.24, 2.45) is 0 Å². The largest absolute Gasteiger partial charge is 0.479 e. The highest BCUT2D eigenvalue weighted by Crippen LogP contribution is 2.11. The maximum Gasteiger partial charge on any atom is 0.332 e. The van der Waals surface area contributed by atoms with Crippen LogP contribution in [0.15, 0.2) is 29.2 Å². The minimum atomic E-state index is -3.66. The quantitative estimate of drug-likeness (QED) is 0.616. The molecule has 0 bridgehead atoms. The number of hydrogen-bond donors (Lipinski definition) is 3. The van der Waals surface area contributed by atoms with Gasteiger partial charge in [-0.15, -0.1) is 0 Å². The number of carboxylic acids is 1. The van der Waals surface area contributed by atoms with E-state index >= 15 is 0 Å². The van der Waals surface area contributed by atoms with Crippen LogP contribution >= 0.6 is 22.6 Å². The smallest absolute Gasteiger partial charge is 0.332 e. The lowest BCUT2D eigenvalue weighted by molar-refractivity contribution is -0.146. The van der Waals surface area contributed by atoms with Gasteiger partial charge in [0.05, 0.1) is 4.90 Å². The molecule has 6 nitrogen and oxygen atoms in total. The molecular weight excluding hydrogens is 373 g/mol. The van der Waals surface area contributed by atoms with Gasteiger partial charge >= 0.3 is 5.97 Å². The zero-order chi connectivity index (χ0) is 13.8. The van der Waals surface area contributed by atoms with Crippen LogP contribution in [0.4, 0.5) is 0 Å². The molecule has 0 aliphatic rings. The average Bonchev–Trinajstić information content (AvgIpc) is 2.29. The number of carboxylic acid groups (broad SMARTS) is 1. The van der Waals surface area contributed by atoms with E-state index < -0.39 is 22.1 Å². The maximum atomic E-state index is 11.8. The normalized spacial score (nSPS) is 13.2. The molecular formula is C10H12INO5S. The van der Waals surface area contributed by atoms with Crippen LogP contribution in [0.2, 0.25) is 0 Å². The summed E-state index contributed by atoms with van der Waals surface area (Å²) in [7, 11) is -3.66. The number of aliphatic carboxylic acids is 1. The molecule has 1 aromatic rings. The highest BCUT2D eigenvalue weighted by molar-refractivity contribution is 14.1. The molecule has 0 amide bonds. The van der Waals surface area contributed by atoms with Crippen LogP contribution in [0, 0.1) is 3.57 Å². The number of nitrogens with one attached hydrogen (secondary N) is 1. The first kappa shape index (κ1) is 15.3. The molecule has 0 saturated heterocycles. The second-order valence-corrected chi connectivity index (χ2v) is 6.51. The molecule has 3 N–H and O–H groups in total. The van der Waals surface area contributed by atoms with Crippen LogP contribution in [-0.4, -0.2) is 37.2 Å². The van der Waals surface area contributed by atoms with Crippen LogP contribution in [-0.2, 0) is 14.8 Å². The molecule has 0 aliphatic carbocycles. The Morgan fingerprint density at radius 2 is 1.89 bits per heavy atom. The highest BCUT2D eigenvalue weighted by atomic mass is 127. The summed E-state index contributed by atoms with van der Waals surface area (Å²) in [6.45, 7) is -0.137. The molecule has 0 aliphatic heterocycles. The third-order valence-corrected chi connectivity index (χ3v) is 4.31. The molecule has 100 valence electrons. The summed E-state index contributed by atoms with van der Waals surface area (Å²) in [6, 6.07) is 6.22.